The average Bonchev–Trinajstić information content (AvgIpc) is 2.70. The van der Waals surface area contributed by atoms with E-state index in [4.69, 9.17) is 0 Å². The van der Waals surface area contributed by atoms with Gasteiger partial charge in [-0.05, 0) is 33.1 Å². The number of nitrogens with one attached hydrogen (secondary N) is 1. The number of hydrogen-bond donors (Lipinski definition) is 1. The van der Waals surface area contributed by atoms with Crippen molar-refractivity contribution in [2.24, 2.45) is 0 Å². The summed E-state index contributed by atoms with van der Waals surface area (Å²) in [5.74, 6) is 0. The fourth-order valence-corrected chi connectivity index (χ4v) is 2.45. The van der Waals surface area contributed by atoms with E-state index in [0.29, 0.717) is 12.1 Å². The second-order valence-electron chi connectivity index (χ2n) is 4.15. The first kappa shape index (κ1) is 13.4. The van der Waals surface area contributed by atoms with Crippen LogP contribution in [-0.4, -0.2) is 11.0 Å². The Morgan fingerprint density at radius 1 is 1.62 bits per heavy atom. The highest BCUT2D eigenvalue weighted by Crippen LogP contribution is 2.17. The van der Waals surface area contributed by atoms with E-state index in [1.54, 1.807) is 11.3 Å². The summed E-state index contributed by atoms with van der Waals surface area (Å²) in [4.78, 5) is 4.51. The Labute approximate surface area is 103 Å². The van der Waals surface area contributed by atoms with Crippen molar-refractivity contribution in [2.45, 2.75) is 52.1 Å². The standard InChI is InChI=1S/C13H22N2S/c1-5-7-8-12(6-2)14-10(3)13-9-16-11(4)15-13/h5,9-10,12,14H,1,6-8H2,2-4H3. The molecule has 0 bridgehead atoms. The van der Waals surface area contributed by atoms with Gasteiger partial charge in [0.1, 0.15) is 0 Å². The van der Waals surface area contributed by atoms with Gasteiger partial charge in [-0.1, -0.05) is 13.0 Å². The molecule has 3 heteroatoms. The maximum Gasteiger partial charge on any atom is 0.0898 e. The Morgan fingerprint density at radius 3 is 2.88 bits per heavy atom. The Hall–Kier alpha value is -0.670. The van der Waals surface area contributed by atoms with Crippen LogP contribution in [0.15, 0.2) is 18.0 Å². The summed E-state index contributed by atoms with van der Waals surface area (Å²) in [6.45, 7) is 10.2. The first-order chi connectivity index (χ1) is 7.67. The van der Waals surface area contributed by atoms with Gasteiger partial charge in [0.15, 0.2) is 0 Å². The number of aryl methyl sites for hydroxylation is 1. The molecule has 1 aromatic heterocycles. The fraction of sp³-hybridized carbons (Fsp3) is 0.615. The normalized spacial score (nSPS) is 14.7. The first-order valence-corrected chi connectivity index (χ1v) is 6.84. The Kier molecular flexibility index (Phi) is 5.71. The molecule has 0 amide bonds. The number of rotatable bonds is 7. The van der Waals surface area contributed by atoms with E-state index >= 15 is 0 Å². The van der Waals surface area contributed by atoms with Crippen LogP contribution in [0.2, 0.25) is 0 Å². The van der Waals surface area contributed by atoms with Crippen LogP contribution in [0.1, 0.15) is 49.9 Å². The average molecular weight is 238 g/mol. The van der Waals surface area contributed by atoms with Crippen molar-refractivity contribution >= 4 is 11.3 Å². The van der Waals surface area contributed by atoms with Gasteiger partial charge in [-0.25, -0.2) is 4.98 Å². The van der Waals surface area contributed by atoms with E-state index in [-0.39, 0.29) is 0 Å². The van der Waals surface area contributed by atoms with E-state index < -0.39 is 0 Å². The molecule has 90 valence electrons. The van der Waals surface area contributed by atoms with Crippen LogP contribution >= 0.6 is 11.3 Å². The minimum absolute atomic E-state index is 0.347. The molecule has 0 aromatic carbocycles. The third-order valence-electron chi connectivity index (χ3n) is 2.78. The van der Waals surface area contributed by atoms with Crippen molar-refractivity contribution in [1.29, 1.82) is 0 Å². The Bertz CT molecular complexity index is 319. The third kappa shape index (κ3) is 4.06. The zero-order valence-corrected chi connectivity index (χ0v) is 11.3. The van der Waals surface area contributed by atoms with Crippen LogP contribution in [0, 0.1) is 6.92 Å². The highest BCUT2D eigenvalue weighted by Gasteiger charge is 2.13. The van der Waals surface area contributed by atoms with Crippen LogP contribution in [0.25, 0.3) is 0 Å². The van der Waals surface area contributed by atoms with E-state index in [2.05, 4.69) is 43.0 Å². The van der Waals surface area contributed by atoms with Gasteiger partial charge in [0.2, 0.25) is 0 Å². The predicted molar refractivity (Wildman–Crippen MR) is 71.9 cm³/mol. The van der Waals surface area contributed by atoms with Crippen LogP contribution in [0.4, 0.5) is 0 Å². The Morgan fingerprint density at radius 2 is 2.38 bits per heavy atom. The second-order valence-corrected chi connectivity index (χ2v) is 5.21. The summed E-state index contributed by atoms with van der Waals surface area (Å²) in [6, 6.07) is 0.912. The molecular formula is C13H22N2S. The van der Waals surface area contributed by atoms with Crippen molar-refractivity contribution in [3.8, 4) is 0 Å². The third-order valence-corrected chi connectivity index (χ3v) is 3.57. The van der Waals surface area contributed by atoms with Crippen molar-refractivity contribution in [2.75, 3.05) is 0 Å². The molecule has 1 heterocycles. The van der Waals surface area contributed by atoms with Gasteiger partial charge in [0.05, 0.1) is 10.7 Å². The second kappa shape index (κ2) is 6.81. The summed E-state index contributed by atoms with van der Waals surface area (Å²) >= 11 is 1.72. The lowest BCUT2D eigenvalue weighted by Crippen LogP contribution is -2.31. The molecule has 2 atom stereocenters. The zero-order valence-electron chi connectivity index (χ0n) is 10.5. The van der Waals surface area contributed by atoms with Gasteiger partial charge in [-0.15, -0.1) is 17.9 Å². The highest BCUT2D eigenvalue weighted by molar-refractivity contribution is 7.09. The maximum atomic E-state index is 4.51. The van der Waals surface area contributed by atoms with E-state index in [1.807, 2.05) is 6.08 Å². The first-order valence-electron chi connectivity index (χ1n) is 5.96. The zero-order chi connectivity index (χ0) is 12.0. The topological polar surface area (TPSA) is 24.9 Å². The van der Waals surface area contributed by atoms with E-state index in [9.17, 15) is 0 Å². The van der Waals surface area contributed by atoms with Crippen LogP contribution in [0.5, 0.6) is 0 Å². The van der Waals surface area contributed by atoms with Gasteiger partial charge in [0.25, 0.3) is 0 Å². The molecule has 1 N–H and O–H groups in total. The molecule has 2 nitrogen and oxygen atoms in total. The predicted octanol–water partition coefficient (Wildman–Crippen LogP) is 3.85. The lowest BCUT2D eigenvalue weighted by atomic mass is 10.1. The monoisotopic (exact) mass is 238 g/mol. The van der Waals surface area contributed by atoms with Gasteiger partial charge in [-0.2, -0.15) is 0 Å². The van der Waals surface area contributed by atoms with E-state index in [1.165, 1.54) is 5.69 Å². The fourth-order valence-electron chi connectivity index (χ4n) is 1.74. The largest absolute Gasteiger partial charge is 0.306 e. The number of hydrogen-bond acceptors (Lipinski definition) is 3. The molecule has 0 aliphatic carbocycles. The molecule has 1 rings (SSSR count). The molecule has 0 spiro atoms. The van der Waals surface area contributed by atoms with Crippen LogP contribution < -0.4 is 5.32 Å². The molecule has 0 saturated carbocycles. The molecular weight excluding hydrogens is 216 g/mol. The molecule has 0 saturated heterocycles. The van der Waals surface area contributed by atoms with E-state index in [0.717, 1.165) is 24.3 Å². The molecule has 2 unspecified atom stereocenters. The van der Waals surface area contributed by atoms with Crippen molar-refractivity contribution in [1.82, 2.24) is 10.3 Å². The van der Waals surface area contributed by atoms with Gasteiger partial charge < -0.3 is 5.32 Å². The summed E-state index contributed by atoms with van der Waals surface area (Å²) < 4.78 is 0. The minimum Gasteiger partial charge on any atom is -0.306 e. The van der Waals surface area contributed by atoms with Crippen LogP contribution in [0.3, 0.4) is 0 Å². The molecule has 0 radical (unpaired) electrons. The van der Waals surface area contributed by atoms with Gasteiger partial charge in [-0.3, -0.25) is 0 Å². The van der Waals surface area contributed by atoms with Crippen LogP contribution in [-0.2, 0) is 0 Å². The Balaban J connectivity index is 2.47. The van der Waals surface area contributed by atoms with Gasteiger partial charge in [0, 0.05) is 17.5 Å². The highest BCUT2D eigenvalue weighted by atomic mass is 32.1. The minimum atomic E-state index is 0.347. The number of allylic oxidation sites excluding steroid dienone is 1. The smallest absolute Gasteiger partial charge is 0.0898 e. The van der Waals surface area contributed by atoms with Gasteiger partial charge >= 0.3 is 0 Å². The summed E-state index contributed by atoms with van der Waals surface area (Å²) in [7, 11) is 0. The maximum absolute atomic E-state index is 4.51. The number of aromatic nitrogens is 1. The molecule has 0 fully saturated rings. The van der Waals surface area contributed by atoms with Crippen molar-refractivity contribution in [3.05, 3.63) is 28.7 Å². The van der Waals surface area contributed by atoms with Crippen molar-refractivity contribution < 1.29 is 0 Å². The SMILES string of the molecule is C=CCCC(CC)NC(C)c1csc(C)n1. The summed E-state index contributed by atoms with van der Waals surface area (Å²) in [5, 5.41) is 6.91. The number of nitrogens with zero attached hydrogens (tertiary/aromatic N) is 1. The van der Waals surface area contributed by atoms with Crippen molar-refractivity contribution in [3.63, 3.8) is 0 Å². The molecule has 1 aromatic rings. The molecule has 16 heavy (non-hydrogen) atoms. The molecule has 0 aliphatic rings. The quantitative estimate of drug-likeness (QED) is 0.730. The lowest BCUT2D eigenvalue weighted by molar-refractivity contribution is 0.418. The molecule has 0 aliphatic heterocycles. The summed E-state index contributed by atoms with van der Waals surface area (Å²) in [5.41, 5.74) is 1.17. The number of thiazole rings is 1. The summed E-state index contributed by atoms with van der Waals surface area (Å²) in [6.07, 6.45) is 5.38. The lowest BCUT2D eigenvalue weighted by Gasteiger charge is -2.20.